The Morgan fingerprint density at radius 1 is 1.18 bits per heavy atom. The van der Waals surface area contributed by atoms with Crippen LogP contribution in [-0.4, -0.2) is 29.6 Å². The second-order valence-electron chi connectivity index (χ2n) is 5.33. The lowest BCUT2D eigenvalue weighted by atomic mass is 10.2. The summed E-state index contributed by atoms with van der Waals surface area (Å²) in [5, 5.41) is 4.26. The van der Waals surface area contributed by atoms with Gasteiger partial charge in [-0.15, -0.1) is 0 Å². The van der Waals surface area contributed by atoms with Crippen LogP contribution in [0, 0.1) is 6.92 Å². The van der Waals surface area contributed by atoms with Crippen molar-refractivity contribution in [3.8, 4) is 0 Å². The fraction of sp³-hybridized carbons (Fsp3) is 0.438. The second kappa shape index (κ2) is 6.62. The fourth-order valence-corrected chi connectivity index (χ4v) is 3.51. The predicted molar refractivity (Wildman–Crippen MR) is 87.1 cm³/mol. The van der Waals surface area contributed by atoms with E-state index in [9.17, 15) is 8.42 Å². The summed E-state index contributed by atoms with van der Waals surface area (Å²) in [4.78, 5) is 0.327. The van der Waals surface area contributed by atoms with Crippen LogP contribution in [0.1, 0.15) is 30.7 Å². The van der Waals surface area contributed by atoms with E-state index in [1.165, 1.54) is 4.31 Å². The zero-order chi connectivity index (χ0) is 16.3. The molecular weight excluding hydrogens is 298 g/mol. The summed E-state index contributed by atoms with van der Waals surface area (Å²) in [7, 11) is -1.88. The Morgan fingerprint density at radius 3 is 2.32 bits per heavy atom. The first-order valence-electron chi connectivity index (χ1n) is 7.46. The van der Waals surface area contributed by atoms with Crippen molar-refractivity contribution in [1.29, 1.82) is 0 Å². The number of sulfonamides is 1. The van der Waals surface area contributed by atoms with Gasteiger partial charge in [0.1, 0.15) is 0 Å². The molecule has 0 atom stereocenters. The quantitative estimate of drug-likeness (QED) is 0.822. The van der Waals surface area contributed by atoms with Crippen LogP contribution in [0.15, 0.2) is 35.4 Å². The Bertz CT molecular complexity index is 733. The maximum atomic E-state index is 12.6. The molecule has 0 N–H and O–H groups in total. The van der Waals surface area contributed by atoms with Crippen molar-refractivity contribution < 1.29 is 8.42 Å². The van der Waals surface area contributed by atoms with Gasteiger partial charge in [-0.05, 0) is 38.0 Å². The molecule has 1 aromatic carbocycles. The first kappa shape index (κ1) is 16.7. The number of hydrogen-bond donors (Lipinski definition) is 0. The van der Waals surface area contributed by atoms with Gasteiger partial charge in [-0.2, -0.15) is 9.40 Å². The SMILES string of the molecule is CCc1ccc(S(=O)(=O)N(C)Cc2cnn(CC)c2C)cc1. The first-order valence-corrected chi connectivity index (χ1v) is 8.90. The number of benzene rings is 1. The molecule has 120 valence electrons. The van der Waals surface area contributed by atoms with Gasteiger partial charge in [0.2, 0.25) is 10.0 Å². The predicted octanol–water partition coefficient (Wildman–Crippen LogP) is 2.59. The number of hydrogen-bond acceptors (Lipinski definition) is 3. The van der Waals surface area contributed by atoms with E-state index in [0.717, 1.165) is 29.8 Å². The molecule has 0 aliphatic rings. The van der Waals surface area contributed by atoms with E-state index in [2.05, 4.69) is 5.10 Å². The lowest BCUT2D eigenvalue weighted by molar-refractivity contribution is 0.465. The number of aryl methyl sites for hydroxylation is 2. The zero-order valence-corrected chi connectivity index (χ0v) is 14.4. The third-order valence-electron chi connectivity index (χ3n) is 3.94. The van der Waals surface area contributed by atoms with Gasteiger partial charge in [-0.25, -0.2) is 8.42 Å². The topological polar surface area (TPSA) is 55.2 Å². The summed E-state index contributed by atoms with van der Waals surface area (Å²) in [6, 6.07) is 7.07. The highest BCUT2D eigenvalue weighted by atomic mass is 32.2. The molecule has 0 radical (unpaired) electrons. The highest BCUT2D eigenvalue weighted by Crippen LogP contribution is 2.19. The Balaban J connectivity index is 2.22. The first-order chi connectivity index (χ1) is 10.4. The average Bonchev–Trinajstić information content (AvgIpc) is 2.87. The van der Waals surface area contributed by atoms with Crippen LogP contribution in [0.3, 0.4) is 0 Å². The minimum atomic E-state index is -3.48. The van der Waals surface area contributed by atoms with Gasteiger partial charge in [-0.1, -0.05) is 19.1 Å². The minimum absolute atomic E-state index is 0.323. The molecule has 0 unspecified atom stereocenters. The van der Waals surface area contributed by atoms with Crippen molar-refractivity contribution in [2.75, 3.05) is 7.05 Å². The van der Waals surface area contributed by atoms with Crippen LogP contribution in [0.25, 0.3) is 0 Å². The molecule has 1 heterocycles. The molecule has 0 saturated carbocycles. The number of aromatic nitrogens is 2. The molecule has 0 amide bonds. The normalized spacial score (nSPS) is 12.0. The minimum Gasteiger partial charge on any atom is -0.270 e. The molecular formula is C16H23N3O2S. The molecule has 0 aliphatic heterocycles. The van der Waals surface area contributed by atoms with Gasteiger partial charge >= 0.3 is 0 Å². The maximum Gasteiger partial charge on any atom is 0.243 e. The summed E-state index contributed by atoms with van der Waals surface area (Å²) in [6.45, 7) is 7.12. The lowest BCUT2D eigenvalue weighted by Crippen LogP contribution is -2.26. The summed E-state index contributed by atoms with van der Waals surface area (Å²) in [6.07, 6.45) is 2.64. The Hall–Kier alpha value is -1.66. The van der Waals surface area contributed by atoms with Crippen LogP contribution < -0.4 is 0 Å². The van der Waals surface area contributed by atoms with Crippen molar-refractivity contribution in [3.63, 3.8) is 0 Å². The standard InChI is InChI=1S/C16H23N3O2S/c1-5-14-7-9-16(10-8-14)22(20,21)18(4)12-15-11-17-19(6-2)13(15)3/h7-11H,5-6,12H2,1-4H3. The van der Waals surface area contributed by atoms with Crippen LogP contribution in [0.2, 0.25) is 0 Å². The summed E-state index contributed by atoms with van der Waals surface area (Å²) < 4.78 is 28.5. The molecule has 0 spiro atoms. The van der Waals surface area contributed by atoms with Gasteiger partial charge in [0.25, 0.3) is 0 Å². The van der Waals surface area contributed by atoms with Crippen molar-refractivity contribution in [2.45, 2.75) is 45.2 Å². The molecule has 6 heteroatoms. The highest BCUT2D eigenvalue weighted by molar-refractivity contribution is 7.89. The van der Waals surface area contributed by atoms with Gasteiger partial charge in [0.05, 0.1) is 11.1 Å². The van der Waals surface area contributed by atoms with Crippen molar-refractivity contribution >= 4 is 10.0 Å². The molecule has 2 rings (SSSR count). The summed E-state index contributed by atoms with van der Waals surface area (Å²) in [5.74, 6) is 0. The summed E-state index contributed by atoms with van der Waals surface area (Å²) >= 11 is 0. The molecule has 2 aromatic rings. The Kier molecular flexibility index (Phi) is 5.03. The van der Waals surface area contributed by atoms with E-state index < -0.39 is 10.0 Å². The zero-order valence-electron chi connectivity index (χ0n) is 13.6. The third-order valence-corrected chi connectivity index (χ3v) is 5.75. The van der Waals surface area contributed by atoms with Crippen molar-refractivity contribution in [2.24, 2.45) is 0 Å². The van der Waals surface area contributed by atoms with Gasteiger partial charge in [-0.3, -0.25) is 4.68 Å². The molecule has 5 nitrogen and oxygen atoms in total. The van der Waals surface area contributed by atoms with Gasteiger partial charge < -0.3 is 0 Å². The fourth-order valence-electron chi connectivity index (χ4n) is 2.36. The molecule has 0 saturated heterocycles. The van der Waals surface area contributed by atoms with Gasteiger partial charge in [0, 0.05) is 31.4 Å². The van der Waals surface area contributed by atoms with E-state index >= 15 is 0 Å². The van der Waals surface area contributed by atoms with E-state index in [0.29, 0.717) is 11.4 Å². The molecule has 0 bridgehead atoms. The molecule has 1 aromatic heterocycles. The average molecular weight is 321 g/mol. The molecule has 22 heavy (non-hydrogen) atoms. The van der Waals surface area contributed by atoms with Crippen LogP contribution in [-0.2, 0) is 29.5 Å². The second-order valence-corrected chi connectivity index (χ2v) is 7.37. The summed E-state index contributed by atoms with van der Waals surface area (Å²) in [5.41, 5.74) is 3.06. The van der Waals surface area contributed by atoms with Gasteiger partial charge in [0.15, 0.2) is 0 Å². The number of nitrogens with zero attached hydrogens (tertiary/aromatic N) is 3. The maximum absolute atomic E-state index is 12.6. The van der Waals surface area contributed by atoms with Crippen LogP contribution >= 0.6 is 0 Å². The number of rotatable bonds is 6. The highest BCUT2D eigenvalue weighted by Gasteiger charge is 2.22. The van der Waals surface area contributed by atoms with E-state index in [4.69, 9.17) is 0 Å². The lowest BCUT2D eigenvalue weighted by Gasteiger charge is -2.17. The monoisotopic (exact) mass is 321 g/mol. The van der Waals surface area contributed by atoms with E-state index in [1.54, 1.807) is 25.4 Å². The van der Waals surface area contributed by atoms with Crippen molar-refractivity contribution in [1.82, 2.24) is 14.1 Å². The largest absolute Gasteiger partial charge is 0.270 e. The Morgan fingerprint density at radius 2 is 1.82 bits per heavy atom. The molecule has 0 fully saturated rings. The van der Waals surface area contributed by atoms with Crippen molar-refractivity contribution in [3.05, 3.63) is 47.3 Å². The molecule has 0 aliphatic carbocycles. The smallest absolute Gasteiger partial charge is 0.243 e. The Labute approximate surface area is 132 Å². The third kappa shape index (κ3) is 3.23. The van der Waals surface area contributed by atoms with Crippen LogP contribution in [0.4, 0.5) is 0 Å². The van der Waals surface area contributed by atoms with E-state index in [1.807, 2.05) is 37.6 Å². The van der Waals surface area contributed by atoms with E-state index in [-0.39, 0.29) is 0 Å². The van der Waals surface area contributed by atoms with Crippen LogP contribution in [0.5, 0.6) is 0 Å².